The number of rotatable bonds is 9. The third-order valence-electron chi connectivity index (χ3n) is 5.74. The highest BCUT2D eigenvalue weighted by molar-refractivity contribution is 7.92. The van der Waals surface area contributed by atoms with Crippen molar-refractivity contribution in [2.45, 2.75) is 38.5 Å². The second kappa shape index (κ2) is 10.8. The number of sulfonamides is 1. The van der Waals surface area contributed by atoms with E-state index in [-0.39, 0.29) is 16.5 Å². The number of amides is 1. The van der Waals surface area contributed by atoms with Crippen LogP contribution in [0.5, 0.6) is 11.5 Å². The fourth-order valence-corrected chi connectivity index (χ4v) is 5.20. The van der Waals surface area contributed by atoms with Gasteiger partial charge in [-0.1, -0.05) is 49.7 Å². The third-order valence-corrected chi connectivity index (χ3v) is 7.52. The molecule has 0 bridgehead atoms. The monoisotopic (exact) mass is 496 g/mol. The summed E-state index contributed by atoms with van der Waals surface area (Å²) < 4.78 is 39.4. The fraction of sp³-hybridized carbons (Fsp3) is 0.296. The SMILES string of the molecule is COc1ccc(OC)c(N(CC(=O)Nc2c(C)cccc2C(C)C)S(=O)(=O)c2ccc(C)cc2)c1. The van der Waals surface area contributed by atoms with E-state index in [4.69, 9.17) is 9.47 Å². The van der Waals surface area contributed by atoms with E-state index in [1.54, 1.807) is 30.3 Å². The van der Waals surface area contributed by atoms with Crippen LogP contribution in [0.1, 0.15) is 36.5 Å². The van der Waals surface area contributed by atoms with Gasteiger partial charge < -0.3 is 14.8 Å². The number of para-hydroxylation sites is 1. The van der Waals surface area contributed by atoms with Crippen molar-refractivity contribution in [1.82, 2.24) is 0 Å². The lowest BCUT2D eigenvalue weighted by atomic mass is 9.98. The minimum atomic E-state index is -4.12. The molecule has 0 fully saturated rings. The van der Waals surface area contributed by atoms with Gasteiger partial charge in [0, 0.05) is 11.8 Å². The zero-order chi connectivity index (χ0) is 25.8. The second-order valence-electron chi connectivity index (χ2n) is 8.60. The number of anilines is 2. The van der Waals surface area contributed by atoms with Gasteiger partial charge in [-0.3, -0.25) is 9.10 Å². The molecule has 7 nitrogen and oxygen atoms in total. The van der Waals surface area contributed by atoms with E-state index in [1.165, 1.54) is 26.4 Å². The highest BCUT2D eigenvalue weighted by Gasteiger charge is 2.30. The largest absolute Gasteiger partial charge is 0.497 e. The Bertz CT molecular complexity index is 1300. The van der Waals surface area contributed by atoms with Crippen molar-refractivity contribution in [1.29, 1.82) is 0 Å². The molecule has 0 aliphatic heterocycles. The summed E-state index contributed by atoms with van der Waals surface area (Å²) in [6, 6.07) is 17.1. The number of carbonyl (C=O) groups excluding carboxylic acids is 1. The quantitative estimate of drug-likeness (QED) is 0.436. The molecule has 0 saturated carbocycles. The van der Waals surface area contributed by atoms with Gasteiger partial charge in [0.25, 0.3) is 10.0 Å². The van der Waals surface area contributed by atoms with Crippen molar-refractivity contribution in [3.63, 3.8) is 0 Å². The van der Waals surface area contributed by atoms with Gasteiger partial charge in [0.05, 0.1) is 24.8 Å². The molecule has 0 aromatic heterocycles. The average Bonchev–Trinajstić information content (AvgIpc) is 2.83. The Morgan fingerprint density at radius 3 is 2.26 bits per heavy atom. The maximum atomic E-state index is 13.8. The molecule has 0 radical (unpaired) electrons. The lowest BCUT2D eigenvalue weighted by Gasteiger charge is -2.26. The number of aryl methyl sites for hydroxylation is 2. The van der Waals surface area contributed by atoms with Crippen LogP contribution in [0.2, 0.25) is 0 Å². The van der Waals surface area contributed by atoms with Gasteiger partial charge in [0.1, 0.15) is 18.0 Å². The molecule has 0 aliphatic carbocycles. The number of carbonyl (C=O) groups is 1. The second-order valence-corrected chi connectivity index (χ2v) is 10.5. The predicted octanol–water partition coefficient (Wildman–Crippen LogP) is 5.28. The van der Waals surface area contributed by atoms with Crippen molar-refractivity contribution in [2.24, 2.45) is 0 Å². The molecular formula is C27H32N2O5S. The summed E-state index contributed by atoms with van der Waals surface area (Å²) in [5.41, 5.74) is 3.70. The lowest BCUT2D eigenvalue weighted by Crippen LogP contribution is -2.38. The zero-order valence-electron chi connectivity index (χ0n) is 21.0. The molecule has 0 saturated heterocycles. The molecule has 3 aromatic carbocycles. The first-order valence-corrected chi connectivity index (χ1v) is 12.7. The highest BCUT2D eigenvalue weighted by Crippen LogP contribution is 2.36. The summed E-state index contributed by atoms with van der Waals surface area (Å²) >= 11 is 0. The number of nitrogens with zero attached hydrogens (tertiary/aromatic N) is 1. The van der Waals surface area contributed by atoms with Crippen LogP contribution in [0.4, 0.5) is 11.4 Å². The number of benzene rings is 3. The van der Waals surface area contributed by atoms with Gasteiger partial charge in [0.2, 0.25) is 5.91 Å². The lowest BCUT2D eigenvalue weighted by molar-refractivity contribution is -0.114. The van der Waals surface area contributed by atoms with Crippen molar-refractivity contribution in [2.75, 3.05) is 30.4 Å². The number of nitrogens with one attached hydrogen (secondary N) is 1. The highest BCUT2D eigenvalue weighted by atomic mass is 32.2. The molecule has 0 unspecified atom stereocenters. The van der Waals surface area contributed by atoms with Crippen LogP contribution in [0.25, 0.3) is 0 Å². The molecular weight excluding hydrogens is 464 g/mol. The van der Waals surface area contributed by atoms with Crippen molar-refractivity contribution < 1.29 is 22.7 Å². The van der Waals surface area contributed by atoms with Crippen molar-refractivity contribution in [3.8, 4) is 11.5 Å². The minimum Gasteiger partial charge on any atom is -0.497 e. The van der Waals surface area contributed by atoms with Crippen LogP contribution >= 0.6 is 0 Å². The van der Waals surface area contributed by atoms with Crippen LogP contribution in [-0.4, -0.2) is 35.1 Å². The molecule has 0 atom stereocenters. The van der Waals surface area contributed by atoms with Gasteiger partial charge in [0.15, 0.2) is 0 Å². The van der Waals surface area contributed by atoms with Gasteiger partial charge in [-0.2, -0.15) is 0 Å². The van der Waals surface area contributed by atoms with E-state index < -0.39 is 22.5 Å². The van der Waals surface area contributed by atoms with E-state index in [0.29, 0.717) is 17.2 Å². The summed E-state index contributed by atoms with van der Waals surface area (Å²) in [6.07, 6.45) is 0. The molecule has 0 aliphatic rings. The maximum Gasteiger partial charge on any atom is 0.264 e. The van der Waals surface area contributed by atoms with Crippen molar-refractivity contribution >= 4 is 27.3 Å². The Morgan fingerprint density at radius 2 is 1.66 bits per heavy atom. The Balaban J connectivity index is 2.08. The smallest absolute Gasteiger partial charge is 0.264 e. The van der Waals surface area contributed by atoms with Crippen molar-refractivity contribution in [3.05, 3.63) is 77.4 Å². The molecule has 8 heteroatoms. The standard InChI is InChI=1S/C27H32N2O5S/c1-18(2)23-9-7-8-20(4)27(23)28-26(30)17-29(24-16-21(33-5)12-15-25(24)34-6)35(31,32)22-13-10-19(3)11-14-22/h7-16,18H,17H2,1-6H3,(H,28,30). The van der Waals surface area contributed by atoms with Gasteiger partial charge >= 0.3 is 0 Å². The van der Waals surface area contributed by atoms with Crippen LogP contribution in [0.3, 0.4) is 0 Å². The normalized spacial score (nSPS) is 11.3. The maximum absolute atomic E-state index is 13.8. The third kappa shape index (κ3) is 5.77. The summed E-state index contributed by atoms with van der Waals surface area (Å²) in [6.45, 7) is 7.42. The van der Waals surface area contributed by atoms with Crippen LogP contribution < -0.4 is 19.1 Å². The summed E-state index contributed by atoms with van der Waals surface area (Å²) in [5, 5.41) is 2.94. The van der Waals surface area contributed by atoms with Crippen LogP contribution in [0, 0.1) is 13.8 Å². The molecule has 0 spiro atoms. The Labute approximate surface area is 207 Å². The average molecular weight is 497 g/mol. The molecule has 35 heavy (non-hydrogen) atoms. The molecule has 1 N–H and O–H groups in total. The Kier molecular flexibility index (Phi) is 8.07. The fourth-order valence-electron chi connectivity index (χ4n) is 3.78. The van der Waals surface area contributed by atoms with Gasteiger partial charge in [-0.05, 0) is 55.2 Å². The number of methoxy groups -OCH3 is 2. The summed E-state index contributed by atoms with van der Waals surface area (Å²) in [7, 11) is -1.18. The minimum absolute atomic E-state index is 0.0690. The molecule has 1 amide bonds. The molecule has 0 heterocycles. The first-order valence-electron chi connectivity index (χ1n) is 11.3. The van der Waals surface area contributed by atoms with E-state index in [2.05, 4.69) is 5.32 Å². The first-order chi connectivity index (χ1) is 16.6. The predicted molar refractivity (Wildman–Crippen MR) is 139 cm³/mol. The zero-order valence-corrected chi connectivity index (χ0v) is 21.8. The number of hydrogen-bond donors (Lipinski definition) is 1. The summed E-state index contributed by atoms with van der Waals surface area (Å²) in [4.78, 5) is 13.4. The van der Waals surface area contributed by atoms with Crippen LogP contribution in [-0.2, 0) is 14.8 Å². The van der Waals surface area contributed by atoms with Gasteiger partial charge in [-0.25, -0.2) is 8.42 Å². The summed E-state index contributed by atoms with van der Waals surface area (Å²) in [5.74, 6) is 0.442. The van der Waals surface area contributed by atoms with E-state index in [9.17, 15) is 13.2 Å². The van der Waals surface area contributed by atoms with E-state index in [0.717, 1.165) is 21.0 Å². The van der Waals surface area contributed by atoms with Crippen LogP contribution in [0.15, 0.2) is 65.6 Å². The number of ether oxygens (including phenoxy) is 2. The molecule has 186 valence electrons. The molecule has 3 rings (SSSR count). The van der Waals surface area contributed by atoms with E-state index in [1.807, 2.05) is 45.9 Å². The Hall–Kier alpha value is -3.52. The topological polar surface area (TPSA) is 84.9 Å². The number of hydrogen-bond acceptors (Lipinski definition) is 5. The first kappa shape index (κ1) is 26.1. The van der Waals surface area contributed by atoms with E-state index >= 15 is 0 Å². The van der Waals surface area contributed by atoms with Gasteiger partial charge in [-0.15, -0.1) is 0 Å². The Morgan fingerprint density at radius 1 is 0.971 bits per heavy atom. The molecule has 3 aromatic rings.